The Morgan fingerprint density at radius 2 is 2.10 bits per heavy atom. The zero-order valence-corrected chi connectivity index (χ0v) is 12.9. The largest absolute Gasteiger partial charge is 0.379 e. The van der Waals surface area contributed by atoms with Crippen molar-refractivity contribution in [1.29, 1.82) is 0 Å². The molecule has 0 saturated carbocycles. The van der Waals surface area contributed by atoms with E-state index >= 15 is 0 Å². The molecule has 2 aromatic rings. The lowest BCUT2D eigenvalue weighted by molar-refractivity contribution is 0.0765. The predicted octanol–water partition coefficient (Wildman–Crippen LogP) is 2.40. The smallest absolute Gasteiger partial charge is 0.226 e. The first-order valence-electron chi connectivity index (χ1n) is 7.51. The second-order valence-corrected chi connectivity index (χ2v) is 5.11. The minimum atomic E-state index is 0.299. The van der Waals surface area contributed by atoms with Crippen molar-refractivity contribution in [2.45, 2.75) is 39.7 Å². The molecule has 2 heterocycles. The zero-order chi connectivity index (χ0) is 15.1. The average molecular weight is 292 g/mol. The Morgan fingerprint density at radius 1 is 1.24 bits per heavy atom. The number of anilines is 2. The van der Waals surface area contributed by atoms with E-state index in [1.807, 2.05) is 6.92 Å². The third-order valence-electron chi connectivity index (χ3n) is 2.96. The van der Waals surface area contributed by atoms with Gasteiger partial charge in [0.1, 0.15) is 5.82 Å². The van der Waals surface area contributed by atoms with Gasteiger partial charge in [-0.3, -0.25) is 5.10 Å². The topological polar surface area (TPSA) is 87.8 Å². The van der Waals surface area contributed by atoms with Crippen LogP contribution in [0.3, 0.4) is 0 Å². The molecule has 0 unspecified atom stereocenters. The Kier molecular flexibility index (Phi) is 5.74. The van der Waals surface area contributed by atoms with Crippen LogP contribution in [0.1, 0.15) is 33.6 Å². The number of nitrogens with zero attached hydrogens (tertiary/aromatic N) is 3. The molecule has 0 radical (unpaired) electrons. The fraction of sp³-hybridized carbons (Fsp3) is 0.643. The van der Waals surface area contributed by atoms with Gasteiger partial charge in [0.15, 0.2) is 5.65 Å². The molecular weight excluding hydrogens is 268 g/mol. The lowest BCUT2D eigenvalue weighted by Gasteiger charge is -2.10. The van der Waals surface area contributed by atoms with Gasteiger partial charge in [-0.25, -0.2) is 0 Å². The lowest BCUT2D eigenvalue weighted by Crippen LogP contribution is -2.09. The summed E-state index contributed by atoms with van der Waals surface area (Å²) in [7, 11) is 0. The average Bonchev–Trinajstić information content (AvgIpc) is 2.91. The third kappa shape index (κ3) is 4.56. The van der Waals surface area contributed by atoms with E-state index in [9.17, 15) is 0 Å². The number of aromatic nitrogens is 4. The van der Waals surface area contributed by atoms with E-state index in [0.717, 1.165) is 49.4 Å². The highest BCUT2D eigenvalue weighted by Crippen LogP contribution is 2.19. The van der Waals surface area contributed by atoms with Crippen molar-refractivity contribution < 1.29 is 4.74 Å². The van der Waals surface area contributed by atoms with Gasteiger partial charge >= 0.3 is 0 Å². The standard InChI is InChI=1S/C14H24N6O/c1-4-15-14-18-12(11-9-17-20-13(11)19-14)16-7-5-6-8-21-10(2)3/h9-10H,4-8H2,1-3H3,(H3,15,16,17,18,19,20). The first-order valence-corrected chi connectivity index (χ1v) is 7.51. The first kappa shape index (κ1) is 15.5. The van der Waals surface area contributed by atoms with Gasteiger partial charge in [0, 0.05) is 19.7 Å². The van der Waals surface area contributed by atoms with Crippen molar-refractivity contribution in [3.05, 3.63) is 6.20 Å². The minimum Gasteiger partial charge on any atom is -0.379 e. The molecule has 0 spiro atoms. The van der Waals surface area contributed by atoms with Crippen LogP contribution in [0.4, 0.5) is 11.8 Å². The quantitative estimate of drug-likeness (QED) is 0.615. The van der Waals surface area contributed by atoms with Gasteiger partial charge in [0.25, 0.3) is 0 Å². The molecule has 0 aliphatic rings. The minimum absolute atomic E-state index is 0.299. The molecule has 0 bridgehead atoms. The van der Waals surface area contributed by atoms with Crippen molar-refractivity contribution in [3.8, 4) is 0 Å². The number of unbranched alkanes of at least 4 members (excludes halogenated alkanes) is 1. The molecular formula is C14H24N6O. The predicted molar refractivity (Wildman–Crippen MR) is 84.7 cm³/mol. The molecule has 116 valence electrons. The summed E-state index contributed by atoms with van der Waals surface area (Å²) in [4.78, 5) is 8.85. The lowest BCUT2D eigenvalue weighted by atomic mass is 10.3. The molecule has 2 aromatic heterocycles. The second kappa shape index (κ2) is 7.78. The Bertz CT molecular complexity index is 553. The molecule has 7 nitrogen and oxygen atoms in total. The van der Waals surface area contributed by atoms with Crippen LogP contribution in [0.15, 0.2) is 6.20 Å². The van der Waals surface area contributed by atoms with Gasteiger partial charge in [0.2, 0.25) is 5.95 Å². The fourth-order valence-electron chi connectivity index (χ4n) is 1.96. The molecule has 21 heavy (non-hydrogen) atoms. The van der Waals surface area contributed by atoms with E-state index in [4.69, 9.17) is 4.74 Å². The van der Waals surface area contributed by atoms with Crippen LogP contribution in [0.25, 0.3) is 11.0 Å². The van der Waals surface area contributed by atoms with Crippen LogP contribution in [0, 0.1) is 0 Å². The van der Waals surface area contributed by atoms with Crippen molar-refractivity contribution in [1.82, 2.24) is 20.2 Å². The van der Waals surface area contributed by atoms with Crippen LogP contribution in [0.2, 0.25) is 0 Å². The maximum atomic E-state index is 5.52. The Labute approximate surface area is 124 Å². The number of nitrogens with one attached hydrogen (secondary N) is 3. The number of aromatic amines is 1. The van der Waals surface area contributed by atoms with Crippen LogP contribution in [-0.4, -0.2) is 46.0 Å². The molecule has 0 atom stereocenters. The molecule has 0 aromatic carbocycles. The summed E-state index contributed by atoms with van der Waals surface area (Å²) >= 11 is 0. The van der Waals surface area contributed by atoms with Crippen molar-refractivity contribution >= 4 is 22.8 Å². The summed E-state index contributed by atoms with van der Waals surface area (Å²) < 4.78 is 5.52. The monoisotopic (exact) mass is 292 g/mol. The summed E-state index contributed by atoms with van der Waals surface area (Å²) in [5, 5.41) is 14.3. The van der Waals surface area contributed by atoms with Gasteiger partial charge in [-0.05, 0) is 33.6 Å². The highest BCUT2D eigenvalue weighted by atomic mass is 16.5. The molecule has 0 saturated heterocycles. The summed E-state index contributed by atoms with van der Waals surface area (Å²) in [6.45, 7) is 8.55. The number of hydrogen-bond acceptors (Lipinski definition) is 6. The van der Waals surface area contributed by atoms with Gasteiger partial charge in [-0.15, -0.1) is 0 Å². The molecule has 3 N–H and O–H groups in total. The Morgan fingerprint density at radius 3 is 2.86 bits per heavy atom. The van der Waals surface area contributed by atoms with E-state index in [-0.39, 0.29) is 0 Å². The van der Waals surface area contributed by atoms with Gasteiger partial charge in [-0.2, -0.15) is 15.1 Å². The highest BCUT2D eigenvalue weighted by Gasteiger charge is 2.08. The van der Waals surface area contributed by atoms with Crippen LogP contribution >= 0.6 is 0 Å². The van der Waals surface area contributed by atoms with Crippen LogP contribution in [-0.2, 0) is 4.74 Å². The number of rotatable bonds is 9. The summed E-state index contributed by atoms with van der Waals surface area (Å²) in [6, 6.07) is 0. The van der Waals surface area contributed by atoms with Crippen molar-refractivity contribution in [3.63, 3.8) is 0 Å². The number of hydrogen-bond donors (Lipinski definition) is 3. The van der Waals surface area contributed by atoms with E-state index in [1.54, 1.807) is 6.20 Å². The van der Waals surface area contributed by atoms with Gasteiger partial charge in [-0.1, -0.05) is 0 Å². The molecule has 2 rings (SSSR count). The second-order valence-electron chi connectivity index (χ2n) is 5.11. The molecule has 0 amide bonds. The first-order chi connectivity index (χ1) is 10.2. The van der Waals surface area contributed by atoms with E-state index in [2.05, 4.69) is 44.6 Å². The SMILES string of the molecule is CCNc1nc(NCCCCOC(C)C)c2cn[nH]c2n1. The summed E-state index contributed by atoms with van der Waals surface area (Å²) in [6.07, 6.45) is 4.11. The summed E-state index contributed by atoms with van der Waals surface area (Å²) in [5.74, 6) is 1.43. The molecule has 0 fully saturated rings. The van der Waals surface area contributed by atoms with E-state index in [0.29, 0.717) is 12.1 Å². The number of fused-ring (bicyclic) bond motifs is 1. The normalized spacial score (nSPS) is 11.2. The van der Waals surface area contributed by atoms with Crippen LogP contribution < -0.4 is 10.6 Å². The van der Waals surface area contributed by atoms with Gasteiger partial charge in [0.05, 0.1) is 17.7 Å². The van der Waals surface area contributed by atoms with E-state index in [1.165, 1.54) is 0 Å². The fourth-order valence-corrected chi connectivity index (χ4v) is 1.96. The molecule has 0 aliphatic heterocycles. The summed E-state index contributed by atoms with van der Waals surface area (Å²) in [5.41, 5.74) is 0.742. The maximum absolute atomic E-state index is 5.52. The van der Waals surface area contributed by atoms with Crippen molar-refractivity contribution in [2.75, 3.05) is 30.3 Å². The zero-order valence-electron chi connectivity index (χ0n) is 12.9. The van der Waals surface area contributed by atoms with E-state index < -0.39 is 0 Å². The number of ether oxygens (including phenoxy) is 1. The van der Waals surface area contributed by atoms with Gasteiger partial charge < -0.3 is 15.4 Å². The Hall–Kier alpha value is -1.89. The highest BCUT2D eigenvalue weighted by molar-refractivity contribution is 5.86. The third-order valence-corrected chi connectivity index (χ3v) is 2.96. The molecule has 7 heteroatoms. The maximum Gasteiger partial charge on any atom is 0.226 e. The number of H-pyrrole nitrogens is 1. The Balaban J connectivity index is 1.89. The van der Waals surface area contributed by atoms with Crippen LogP contribution in [0.5, 0.6) is 0 Å². The molecule has 0 aliphatic carbocycles. The van der Waals surface area contributed by atoms with Crippen molar-refractivity contribution in [2.24, 2.45) is 0 Å².